The molecule has 0 aromatic carbocycles. The highest BCUT2D eigenvalue weighted by molar-refractivity contribution is 5.78. The predicted molar refractivity (Wildman–Crippen MR) is 63.7 cm³/mol. The second kappa shape index (κ2) is 6.70. The van der Waals surface area contributed by atoms with Crippen LogP contribution in [-0.2, 0) is 23.8 Å². The zero-order valence-corrected chi connectivity index (χ0v) is 10.9. The van der Waals surface area contributed by atoms with E-state index in [4.69, 9.17) is 19.9 Å². The molecule has 104 valence electrons. The number of ether oxygens (including phenoxy) is 3. The average Bonchev–Trinajstić information content (AvgIpc) is 2.74. The van der Waals surface area contributed by atoms with Crippen molar-refractivity contribution in [3.05, 3.63) is 0 Å². The second-order valence-electron chi connectivity index (χ2n) is 4.35. The average molecular weight is 259 g/mol. The van der Waals surface area contributed by atoms with Crippen LogP contribution in [0.5, 0.6) is 0 Å². The maximum absolute atomic E-state index is 11.9. The van der Waals surface area contributed by atoms with E-state index in [2.05, 4.69) is 0 Å². The molecule has 1 heterocycles. The lowest BCUT2D eigenvalue weighted by Gasteiger charge is -2.22. The van der Waals surface area contributed by atoms with Crippen molar-refractivity contribution in [2.45, 2.75) is 32.8 Å². The molecule has 18 heavy (non-hydrogen) atoms. The van der Waals surface area contributed by atoms with Crippen molar-refractivity contribution in [2.24, 2.45) is 11.1 Å². The van der Waals surface area contributed by atoms with Crippen molar-refractivity contribution in [1.29, 1.82) is 0 Å². The molecular formula is C12H21NO5. The Morgan fingerprint density at radius 2 is 2.00 bits per heavy atom. The van der Waals surface area contributed by atoms with Crippen molar-refractivity contribution in [1.82, 2.24) is 0 Å². The van der Waals surface area contributed by atoms with E-state index in [-0.39, 0.29) is 37.6 Å². The van der Waals surface area contributed by atoms with Crippen LogP contribution in [0.3, 0.4) is 0 Å². The second-order valence-corrected chi connectivity index (χ2v) is 4.35. The fraction of sp³-hybridized carbons (Fsp3) is 0.833. The first-order chi connectivity index (χ1) is 8.57. The lowest BCUT2D eigenvalue weighted by molar-refractivity contribution is -0.154. The van der Waals surface area contributed by atoms with Gasteiger partial charge in [0, 0.05) is 6.54 Å². The quantitative estimate of drug-likeness (QED) is 0.687. The van der Waals surface area contributed by atoms with Crippen LogP contribution in [0.25, 0.3) is 0 Å². The fourth-order valence-electron chi connectivity index (χ4n) is 2.02. The van der Waals surface area contributed by atoms with Crippen molar-refractivity contribution >= 4 is 11.9 Å². The van der Waals surface area contributed by atoms with Gasteiger partial charge < -0.3 is 19.9 Å². The molecule has 2 unspecified atom stereocenters. The lowest BCUT2D eigenvalue weighted by atomic mass is 9.85. The maximum atomic E-state index is 11.9. The molecule has 0 aromatic heterocycles. The predicted octanol–water partition coefficient (Wildman–Crippen LogP) is 0.237. The monoisotopic (exact) mass is 259 g/mol. The molecule has 2 N–H and O–H groups in total. The van der Waals surface area contributed by atoms with Gasteiger partial charge in [-0.3, -0.25) is 9.59 Å². The minimum atomic E-state index is -0.812. The van der Waals surface area contributed by atoms with Crippen LogP contribution >= 0.6 is 0 Å². The summed E-state index contributed by atoms with van der Waals surface area (Å²) in [6.07, 6.45) is 0.230. The van der Waals surface area contributed by atoms with Crippen molar-refractivity contribution in [2.75, 3.05) is 26.4 Å². The van der Waals surface area contributed by atoms with Gasteiger partial charge in [0.1, 0.15) is 5.41 Å². The normalized spacial score (nSPS) is 26.9. The van der Waals surface area contributed by atoms with Gasteiger partial charge in [-0.1, -0.05) is 0 Å². The number of hydrogen-bond donors (Lipinski definition) is 1. The molecule has 2 atom stereocenters. The molecule has 6 heteroatoms. The Balaban J connectivity index is 2.56. The Labute approximate surface area is 107 Å². The van der Waals surface area contributed by atoms with E-state index in [9.17, 15) is 9.59 Å². The van der Waals surface area contributed by atoms with Crippen LogP contribution in [0.4, 0.5) is 0 Å². The first-order valence-corrected chi connectivity index (χ1v) is 6.22. The summed E-state index contributed by atoms with van der Waals surface area (Å²) in [7, 11) is 0. The molecule has 1 aliphatic rings. The largest absolute Gasteiger partial charge is 0.466 e. The van der Waals surface area contributed by atoms with Gasteiger partial charge in [-0.15, -0.1) is 0 Å². The number of nitrogens with two attached hydrogens (primary N) is 1. The zero-order valence-electron chi connectivity index (χ0n) is 10.9. The van der Waals surface area contributed by atoms with Gasteiger partial charge in [0.25, 0.3) is 0 Å². The van der Waals surface area contributed by atoms with Crippen molar-refractivity contribution in [3.8, 4) is 0 Å². The van der Waals surface area contributed by atoms with Crippen LogP contribution in [0, 0.1) is 5.41 Å². The molecule has 0 amide bonds. The number of esters is 2. The first-order valence-electron chi connectivity index (χ1n) is 6.22. The summed E-state index contributed by atoms with van der Waals surface area (Å²) in [5, 5.41) is 0. The summed E-state index contributed by atoms with van der Waals surface area (Å²) in [6.45, 7) is 4.50. The van der Waals surface area contributed by atoms with Gasteiger partial charge in [0.15, 0.2) is 0 Å². The number of rotatable bonds is 6. The fourth-order valence-corrected chi connectivity index (χ4v) is 2.02. The Bertz CT molecular complexity index is 307. The highest BCUT2D eigenvalue weighted by Gasteiger charge is 2.47. The van der Waals surface area contributed by atoms with E-state index >= 15 is 0 Å². The number of hydrogen-bond acceptors (Lipinski definition) is 6. The van der Waals surface area contributed by atoms with E-state index in [1.807, 2.05) is 0 Å². The highest BCUT2D eigenvalue weighted by Crippen LogP contribution is 2.34. The minimum Gasteiger partial charge on any atom is -0.466 e. The van der Waals surface area contributed by atoms with E-state index in [0.29, 0.717) is 19.6 Å². The van der Waals surface area contributed by atoms with Gasteiger partial charge in [0.2, 0.25) is 0 Å². The number of carbonyl (C=O) groups excluding carboxylic acids is 2. The Morgan fingerprint density at radius 1 is 1.33 bits per heavy atom. The summed E-state index contributed by atoms with van der Waals surface area (Å²) in [5.74, 6) is -0.668. The summed E-state index contributed by atoms with van der Waals surface area (Å²) in [4.78, 5) is 23.2. The zero-order chi connectivity index (χ0) is 13.6. The van der Waals surface area contributed by atoms with Gasteiger partial charge in [-0.25, -0.2) is 0 Å². The third-order valence-electron chi connectivity index (χ3n) is 3.01. The Hall–Kier alpha value is -1.14. The molecule has 0 aliphatic carbocycles. The molecule has 0 aromatic rings. The van der Waals surface area contributed by atoms with Crippen LogP contribution in [-0.4, -0.2) is 44.4 Å². The van der Waals surface area contributed by atoms with E-state index in [0.717, 1.165) is 0 Å². The topological polar surface area (TPSA) is 87.9 Å². The van der Waals surface area contributed by atoms with Crippen LogP contribution < -0.4 is 5.73 Å². The molecule has 0 radical (unpaired) electrons. The van der Waals surface area contributed by atoms with Crippen LogP contribution in [0.1, 0.15) is 26.7 Å². The highest BCUT2D eigenvalue weighted by atomic mass is 16.5. The van der Waals surface area contributed by atoms with Crippen LogP contribution in [0.2, 0.25) is 0 Å². The first kappa shape index (κ1) is 14.9. The molecule has 0 saturated carbocycles. The molecule has 1 fully saturated rings. The third-order valence-corrected chi connectivity index (χ3v) is 3.01. The van der Waals surface area contributed by atoms with Crippen molar-refractivity contribution in [3.63, 3.8) is 0 Å². The Morgan fingerprint density at radius 3 is 2.56 bits per heavy atom. The molecule has 1 rings (SSSR count). The van der Waals surface area contributed by atoms with Gasteiger partial charge in [0.05, 0.1) is 32.3 Å². The molecule has 0 spiro atoms. The summed E-state index contributed by atoms with van der Waals surface area (Å²) in [5.41, 5.74) is 4.84. The van der Waals surface area contributed by atoms with Crippen LogP contribution in [0.15, 0.2) is 0 Å². The molecular weight excluding hydrogens is 238 g/mol. The van der Waals surface area contributed by atoms with Crippen molar-refractivity contribution < 1.29 is 23.8 Å². The SMILES string of the molecule is CCOC(=O)CC1CC(CN)(C(=O)OCC)CO1. The summed E-state index contributed by atoms with van der Waals surface area (Å²) in [6, 6.07) is 0. The molecule has 1 saturated heterocycles. The van der Waals surface area contributed by atoms with E-state index < -0.39 is 5.41 Å². The van der Waals surface area contributed by atoms with E-state index in [1.165, 1.54) is 0 Å². The summed E-state index contributed by atoms with van der Waals surface area (Å²) < 4.78 is 15.3. The Kier molecular flexibility index (Phi) is 5.55. The molecule has 0 bridgehead atoms. The summed E-state index contributed by atoms with van der Waals surface area (Å²) >= 11 is 0. The smallest absolute Gasteiger partial charge is 0.315 e. The minimum absolute atomic E-state index is 0.148. The lowest BCUT2D eigenvalue weighted by Crippen LogP contribution is -2.40. The standard InChI is InChI=1S/C12H21NO5/c1-3-16-10(14)5-9-6-12(7-13,8-18-9)11(15)17-4-2/h9H,3-8,13H2,1-2H3. The van der Waals surface area contributed by atoms with Gasteiger partial charge in [-0.05, 0) is 20.3 Å². The van der Waals surface area contributed by atoms with Gasteiger partial charge in [-0.2, -0.15) is 0 Å². The van der Waals surface area contributed by atoms with Gasteiger partial charge >= 0.3 is 11.9 Å². The molecule has 1 aliphatic heterocycles. The maximum Gasteiger partial charge on any atom is 0.315 e. The van der Waals surface area contributed by atoms with E-state index in [1.54, 1.807) is 13.8 Å². The molecule has 6 nitrogen and oxygen atoms in total. The number of carbonyl (C=O) groups is 2. The third kappa shape index (κ3) is 3.43.